The standard InChI is InChI=1S/C21H20N2O2/c24-20-8-3-11-23(20)18-13-17(19-7-4-12-25-19)22-21-15-6-2-1-5-14(15)9-10-16(18)21/h1-2,4-7,9-10,12,17-18,22H,3,8,11,13H2/t17-,18-/m0/s1. The molecule has 4 nitrogen and oxygen atoms in total. The molecule has 1 aromatic heterocycles. The second-order valence-electron chi connectivity index (χ2n) is 6.91. The summed E-state index contributed by atoms with van der Waals surface area (Å²) in [6.45, 7) is 0.848. The highest BCUT2D eigenvalue weighted by molar-refractivity contribution is 5.96. The van der Waals surface area contributed by atoms with Crippen molar-refractivity contribution < 1.29 is 9.21 Å². The van der Waals surface area contributed by atoms with Crippen LogP contribution in [0.5, 0.6) is 0 Å². The van der Waals surface area contributed by atoms with Gasteiger partial charge in [-0.3, -0.25) is 4.79 Å². The van der Waals surface area contributed by atoms with Gasteiger partial charge in [-0.05, 0) is 35.9 Å². The topological polar surface area (TPSA) is 45.5 Å². The molecule has 1 amide bonds. The van der Waals surface area contributed by atoms with Crippen molar-refractivity contribution in [2.75, 3.05) is 11.9 Å². The number of nitrogens with zero attached hydrogens (tertiary/aromatic N) is 1. The summed E-state index contributed by atoms with van der Waals surface area (Å²) < 4.78 is 5.67. The van der Waals surface area contributed by atoms with E-state index in [0.717, 1.165) is 30.8 Å². The first-order valence-electron chi connectivity index (χ1n) is 8.92. The first-order chi connectivity index (χ1) is 12.3. The van der Waals surface area contributed by atoms with Crippen molar-refractivity contribution >= 4 is 22.4 Å². The Bertz CT molecular complexity index is 932. The molecule has 3 heterocycles. The first kappa shape index (κ1) is 14.6. The third kappa shape index (κ3) is 2.32. The quantitative estimate of drug-likeness (QED) is 0.743. The molecule has 25 heavy (non-hydrogen) atoms. The van der Waals surface area contributed by atoms with Crippen molar-refractivity contribution in [3.63, 3.8) is 0 Å². The van der Waals surface area contributed by atoms with Crippen molar-refractivity contribution in [3.8, 4) is 0 Å². The maximum absolute atomic E-state index is 12.4. The van der Waals surface area contributed by atoms with E-state index in [4.69, 9.17) is 4.42 Å². The fourth-order valence-electron chi connectivity index (χ4n) is 4.28. The Hall–Kier alpha value is -2.75. The summed E-state index contributed by atoms with van der Waals surface area (Å²) in [6.07, 6.45) is 4.17. The summed E-state index contributed by atoms with van der Waals surface area (Å²) >= 11 is 0. The molecule has 3 aromatic rings. The number of hydrogen-bond acceptors (Lipinski definition) is 3. The van der Waals surface area contributed by atoms with E-state index in [2.05, 4.69) is 46.6 Å². The minimum atomic E-state index is 0.0757. The van der Waals surface area contributed by atoms with Crippen molar-refractivity contribution in [1.29, 1.82) is 0 Å². The molecule has 0 unspecified atom stereocenters. The molecule has 2 aromatic carbocycles. The number of hydrogen-bond donors (Lipinski definition) is 1. The minimum absolute atomic E-state index is 0.0757. The summed E-state index contributed by atoms with van der Waals surface area (Å²) in [5.41, 5.74) is 2.35. The van der Waals surface area contributed by atoms with Gasteiger partial charge in [0.1, 0.15) is 5.76 Å². The van der Waals surface area contributed by atoms with Crippen LogP contribution >= 0.6 is 0 Å². The Labute approximate surface area is 146 Å². The lowest BCUT2D eigenvalue weighted by atomic mass is 9.88. The zero-order valence-electron chi connectivity index (χ0n) is 13.9. The minimum Gasteiger partial charge on any atom is -0.467 e. The van der Waals surface area contributed by atoms with E-state index in [1.807, 2.05) is 12.1 Å². The van der Waals surface area contributed by atoms with Crippen LogP contribution in [0.4, 0.5) is 5.69 Å². The second kappa shape index (κ2) is 5.66. The third-order valence-electron chi connectivity index (χ3n) is 5.47. The summed E-state index contributed by atoms with van der Waals surface area (Å²) in [7, 11) is 0. The monoisotopic (exact) mass is 332 g/mol. The van der Waals surface area contributed by atoms with Gasteiger partial charge in [-0.25, -0.2) is 0 Å². The molecule has 126 valence electrons. The lowest BCUT2D eigenvalue weighted by Crippen LogP contribution is -2.35. The normalized spacial score (nSPS) is 22.9. The number of fused-ring (bicyclic) bond motifs is 3. The maximum atomic E-state index is 12.4. The molecule has 0 spiro atoms. The molecule has 1 fully saturated rings. The number of rotatable bonds is 2. The van der Waals surface area contributed by atoms with Gasteiger partial charge < -0.3 is 14.6 Å². The van der Waals surface area contributed by atoms with Gasteiger partial charge in [0.15, 0.2) is 0 Å². The molecule has 5 rings (SSSR count). The molecular weight excluding hydrogens is 312 g/mol. The van der Waals surface area contributed by atoms with E-state index in [1.165, 1.54) is 16.3 Å². The van der Waals surface area contributed by atoms with Crippen molar-refractivity contribution in [2.45, 2.75) is 31.3 Å². The fraction of sp³-hybridized carbons (Fsp3) is 0.286. The van der Waals surface area contributed by atoms with Crippen LogP contribution in [-0.2, 0) is 4.79 Å². The van der Waals surface area contributed by atoms with Crippen molar-refractivity contribution in [3.05, 3.63) is 66.1 Å². The lowest BCUT2D eigenvalue weighted by molar-refractivity contribution is -0.130. The van der Waals surface area contributed by atoms with E-state index >= 15 is 0 Å². The predicted molar refractivity (Wildman–Crippen MR) is 97.3 cm³/mol. The van der Waals surface area contributed by atoms with Crippen molar-refractivity contribution in [1.82, 2.24) is 4.90 Å². The zero-order chi connectivity index (χ0) is 16.8. The Morgan fingerprint density at radius 1 is 1.08 bits per heavy atom. The van der Waals surface area contributed by atoms with E-state index < -0.39 is 0 Å². The number of benzene rings is 2. The molecule has 0 radical (unpaired) electrons. The highest BCUT2D eigenvalue weighted by Gasteiger charge is 2.37. The van der Waals surface area contributed by atoms with Crippen molar-refractivity contribution in [2.24, 2.45) is 0 Å². The third-order valence-corrected chi connectivity index (χ3v) is 5.47. The van der Waals surface area contributed by atoms with E-state index in [-0.39, 0.29) is 18.0 Å². The van der Waals surface area contributed by atoms with Crippen LogP contribution in [0, 0.1) is 0 Å². The van der Waals surface area contributed by atoms with Gasteiger partial charge >= 0.3 is 0 Å². The molecule has 1 N–H and O–H groups in total. The average Bonchev–Trinajstić information content (AvgIpc) is 3.32. The average molecular weight is 332 g/mol. The molecule has 1 saturated heterocycles. The largest absolute Gasteiger partial charge is 0.467 e. The number of likely N-dealkylation sites (tertiary alicyclic amines) is 1. The fourth-order valence-corrected chi connectivity index (χ4v) is 4.28. The zero-order valence-corrected chi connectivity index (χ0v) is 13.9. The van der Waals surface area contributed by atoms with Gasteiger partial charge in [-0.2, -0.15) is 0 Å². The lowest BCUT2D eigenvalue weighted by Gasteiger charge is -2.38. The number of furan rings is 1. The van der Waals surface area contributed by atoms with Gasteiger partial charge in [0.2, 0.25) is 5.91 Å². The molecule has 2 aliphatic rings. The van der Waals surface area contributed by atoms with E-state index in [0.29, 0.717) is 6.42 Å². The van der Waals surface area contributed by atoms with Gasteiger partial charge in [0.05, 0.1) is 18.3 Å². The summed E-state index contributed by atoms with van der Waals surface area (Å²) in [6, 6.07) is 16.9. The molecule has 2 aliphatic heterocycles. The SMILES string of the molecule is O=C1CCCN1[C@H]1C[C@@H](c2ccco2)Nc2c1ccc1ccccc21. The Morgan fingerprint density at radius 3 is 2.80 bits per heavy atom. The van der Waals surface area contributed by atoms with Gasteiger partial charge in [-0.15, -0.1) is 0 Å². The molecular formula is C21H20N2O2. The molecule has 0 bridgehead atoms. The molecule has 0 aliphatic carbocycles. The first-order valence-corrected chi connectivity index (χ1v) is 8.92. The second-order valence-corrected chi connectivity index (χ2v) is 6.91. The number of nitrogens with one attached hydrogen (secondary N) is 1. The smallest absolute Gasteiger partial charge is 0.223 e. The van der Waals surface area contributed by atoms with Crippen LogP contribution in [0.3, 0.4) is 0 Å². The van der Waals surface area contributed by atoms with Crippen LogP contribution in [0.1, 0.15) is 42.7 Å². The molecule has 2 atom stereocenters. The number of anilines is 1. The number of carbonyl (C=O) groups is 1. The summed E-state index contributed by atoms with van der Waals surface area (Å²) in [5.74, 6) is 1.19. The number of amides is 1. The van der Waals surface area contributed by atoms with Crippen LogP contribution in [-0.4, -0.2) is 17.4 Å². The number of carbonyl (C=O) groups excluding carboxylic acids is 1. The van der Waals surface area contributed by atoms with Crippen LogP contribution in [0.25, 0.3) is 10.8 Å². The van der Waals surface area contributed by atoms with E-state index in [1.54, 1.807) is 6.26 Å². The highest BCUT2D eigenvalue weighted by atomic mass is 16.3. The maximum Gasteiger partial charge on any atom is 0.223 e. The highest BCUT2D eigenvalue weighted by Crippen LogP contribution is 2.46. The van der Waals surface area contributed by atoms with Crippen LogP contribution in [0.15, 0.2) is 59.2 Å². The van der Waals surface area contributed by atoms with Gasteiger partial charge in [0, 0.05) is 24.0 Å². The predicted octanol–water partition coefficient (Wildman–Crippen LogP) is 4.65. The van der Waals surface area contributed by atoms with Crippen LogP contribution < -0.4 is 5.32 Å². The molecule has 0 saturated carbocycles. The Kier molecular flexibility index (Phi) is 3.30. The van der Waals surface area contributed by atoms with Crippen LogP contribution in [0.2, 0.25) is 0 Å². The van der Waals surface area contributed by atoms with Gasteiger partial charge in [-0.1, -0.05) is 36.4 Å². The summed E-state index contributed by atoms with van der Waals surface area (Å²) in [4.78, 5) is 14.5. The summed E-state index contributed by atoms with van der Waals surface area (Å²) in [5, 5.41) is 6.09. The Morgan fingerprint density at radius 2 is 2.00 bits per heavy atom. The Balaban J connectivity index is 1.67. The van der Waals surface area contributed by atoms with E-state index in [9.17, 15) is 4.79 Å². The van der Waals surface area contributed by atoms with Gasteiger partial charge in [0.25, 0.3) is 0 Å². The molecule has 4 heteroatoms.